The highest BCUT2D eigenvalue weighted by Gasteiger charge is 2.18. The van der Waals surface area contributed by atoms with Crippen LogP contribution in [0.2, 0.25) is 0 Å². The minimum Gasteiger partial charge on any atom is -0.269 e. The molecule has 0 saturated carbocycles. The van der Waals surface area contributed by atoms with Crippen LogP contribution in [0, 0.1) is 27.7 Å². The van der Waals surface area contributed by atoms with Crippen LogP contribution in [0.4, 0.5) is 0 Å². The number of aromatic nitrogens is 6. The van der Waals surface area contributed by atoms with Gasteiger partial charge in [0.2, 0.25) is 0 Å². The van der Waals surface area contributed by atoms with E-state index in [4.69, 9.17) is 10.2 Å². The zero-order valence-electron chi connectivity index (χ0n) is 19.3. The van der Waals surface area contributed by atoms with Gasteiger partial charge >= 0.3 is 0 Å². The highest BCUT2D eigenvalue weighted by atomic mass is 15.3. The van der Waals surface area contributed by atoms with Gasteiger partial charge in [0, 0.05) is 42.3 Å². The van der Waals surface area contributed by atoms with Gasteiger partial charge in [0.1, 0.15) is 0 Å². The Morgan fingerprint density at radius 2 is 1.62 bits per heavy atom. The van der Waals surface area contributed by atoms with Gasteiger partial charge in [-0.25, -0.2) is 0 Å². The molecule has 6 nitrogen and oxygen atoms in total. The molecule has 0 radical (unpaired) electrons. The fourth-order valence-corrected chi connectivity index (χ4v) is 4.03. The van der Waals surface area contributed by atoms with Crippen molar-refractivity contribution in [1.82, 2.24) is 29.3 Å². The molecule has 0 saturated heterocycles. The largest absolute Gasteiger partial charge is 0.269 e. The molecule has 29 heavy (non-hydrogen) atoms. The van der Waals surface area contributed by atoms with Crippen molar-refractivity contribution in [2.45, 2.75) is 92.8 Å². The summed E-state index contributed by atoms with van der Waals surface area (Å²) in [7, 11) is 0. The van der Waals surface area contributed by atoms with Gasteiger partial charge in [-0.3, -0.25) is 14.0 Å². The second-order valence-electron chi connectivity index (χ2n) is 8.79. The van der Waals surface area contributed by atoms with Crippen molar-refractivity contribution < 1.29 is 0 Å². The quantitative estimate of drug-likeness (QED) is 0.533. The highest BCUT2D eigenvalue weighted by molar-refractivity contribution is 5.25. The zero-order chi connectivity index (χ0) is 21.3. The molecule has 0 aliphatic heterocycles. The fourth-order valence-electron chi connectivity index (χ4n) is 4.03. The lowest BCUT2D eigenvalue weighted by Crippen LogP contribution is -2.12. The van der Waals surface area contributed by atoms with Crippen molar-refractivity contribution in [3.8, 4) is 0 Å². The third kappa shape index (κ3) is 4.46. The molecule has 0 amide bonds. The van der Waals surface area contributed by atoms with Crippen LogP contribution >= 0.6 is 0 Å². The SMILES string of the molecule is Cc1cn(C(C)Cc2nn(C(C)C)c(C)c2C)nc1CCC(C)n1nccc1C. The van der Waals surface area contributed by atoms with Crippen molar-refractivity contribution in [3.05, 3.63) is 52.4 Å². The Morgan fingerprint density at radius 3 is 2.21 bits per heavy atom. The molecule has 0 N–H and O–H groups in total. The summed E-state index contributed by atoms with van der Waals surface area (Å²) >= 11 is 0. The van der Waals surface area contributed by atoms with Gasteiger partial charge in [0.15, 0.2) is 0 Å². The summed E-state index contributed by atoms with van der Waals surface area (Å²) in [5.41, 5.74) is 7.41. The molecule has 6 heteroatoms. The van der Waals surface area contributed by atoms with Crippen LogP contribution < -0.4 is 0 Å². The van der Waals surface area contributed by atoms with E-state index < -0.39 is 0 Å². The molecule has 0 aromatic carbocycles. The van der Waals surface area contributed by atoms with Crippen molar-refractivity contribution in [2.24, 2.45) is 0 Å². The van der Waals surface area contributed by atoms with E-state index in [1.165, 1.54) is 33.9 Å². The van der Waals surface area contributed by atoms with Gasteiger partial charge in [0.25, 0.3) is 0 Å². The lowest BCUT2D eigenvalue weighted by Gasteiger charge is -2.14. The molecule has 3 rings (SSSR count). The van der Waals surface area contributed by atoms with Gasteiger partial charge in [-0.05, 0) is 85.4 Å². The van der Waals surface area contributed by atoms with E-state index in [-0.39, 0.29) is 6.04 Å². The molecule has 0 fully saturated rings. The Morgan fingerprint density at radius 1 is 0.897 bits per heavy atom. The summed E-state index contributed by atoms with van der Waals surface area (Å²) in [5.74, 6) is 0. The van der Waals surface area contributed by atoms with Crippen molar-refractivity contribution in [1.29, 1.82) is 0 Å². The van der Waals surface area contributed by atoms with Crippen molar-refractivity contribution in [2.75, 3.05) is 0 Å². The first-order chi connectivity index (χ1) is 13.7. The lowest BCUT2D eigenvalue weighted by molar-refractivity contribution is 0.440. The van der Waals surface area contributed by atoms with Crippen LogP contribution in [0.15, 0.2) is 18.5 Å². The molecule has 0 spiro atoms. The van der Waals surface area contributed by atoms with Crippen LogP contribution in [-0.2, 0) is 12.8 Å². The van der Waals surface area contributed by atoms with Gasteiger partial charge in [0.05, 0.1) is 17.4 Å². The normalized spacial score (nSPS) is 14.0. The van der Waals surface area contributed by atoms with E-state index in [9.17, 15) is 0 Å². The molecule has 3 heterocycles. The first-order valence-corrected chi connectivity index (χ1v) is 10.8. The third-order valence-corrected chi connectivity index (χ3v) is 6.08. The summed E-state index contributed by atoms with van der Waals surface area (Å²) in [6.45, 7) is 17.4. The second kappa shape index (κ2) is 8.56. The molecule has 3 aromatic rings. The Bertz CT molecular complexity index is 958. The van der Waals surface area contributed by atoms with Crippen LogP contribution in [-0.4, -0.2) is 29.3 Å². The minimum atomic E-state index is 0.279. The maximum absolute atomic E-state index is 4.93. The van der Waals surface area contributed by atoms with E-state index in [0.29, 0.717) is 12.1 Å². The van der Waals surface area contributed by atoms with Crippen molar-refractivity contribution in [3.63, 3.8) is 0 Å². The summed E-state index contributed by atoms with van der Waals surface area (Å²) in [4.78, 5) is 0. The van der Waals surface area contributed by atoms with Crippen LogP contribution in [0.5, 0.6) is 0 Å². The number of rotatable bonds is 8. The second-order valence-corrected chi connectivity index (χ2v) is 8.79. The van der Waals surface area contributed by atoms with Crippen molar-refractivity contribution >= 4 is 0 Å². The van der Waals surface area contributed by atoms with Gasteiger partial charge < -0.3 is 0 Å². The maximum atomic E-state index is 4.93. The first kappa shape index (κ1) is 21.3. The summed E-state index contributed by atoms with van der Waals surface area (Å²) in [5, 5.41) is 14.2. The van der Waals surface area contributed by atoms with Crippen LogP contribution in [0.3, 0.4) is 0 Å². The summed E-state index contributed by atoms with van der Waals surface area (Å²) in [6.07, 6.45) is 6.96. The van der Waals surface area contributed by atoms with Crippen LogP contribution in [0.25, 0.3) is 0 Å². The van der Waals surface area contributed by atoms with E-state index >= 15 is 0 Å². The molecule has 0 aliphatic carbocycles. The number of aryl methyl sites for hydroxylation is 3. The number of hydrogen-bond acceptors (Lipinski definition) is 3. The Balaban J connectivity index is 1.68. The molecule has 0 aliphatic rings. The lowest BCUT2D eigenvalue weighted by atomic mass is 10.1. The monoisotopic (exact) mass is 396 g/mol. The molecular weight excluding hydrogens is 360 g/mol. The fraction of sp³-hybridized carbons (Fsp3) is 0.609. The predicted molar refractivity (Wildman–Crippen MR) is 117 cm³/mol. The number of hydrogen-bond donors (Lipinski definition) is 0. The number of nitrogens with zero attached hydrogens (tertiary/aromatic N) is 6. The summed E-state index contributed by atoms with van der Waals surface area (Å²) in [6, 6.07) is 3.10. The Hall–Kier alpha value is -2.37. The first-order valence-electron chi connectivity index (χ1n) is 10.8. The van der Waals surface area contributed by atoms with Crippen LogP contribution in [0.1, 0.15) is 86.1 Å². The average Bonchev–Trinajstić information content (AvgIpc) is 3.33. The third-order valence-electron chi connectivity index (χ3n) is 6.08. The Kier molecular flexibility index (Phi) is 6.30. The molecule has 2 atom stereocenters. The highest BCUT2D eigenvalue weighted by Crippen LogP contribution is 2.23. The van der Waals surface area contributed by atoms with E-state index in [1.807, 2.05) is 6.20 Å². The van der Waals surface area contributed by atoms with Gasteiger partial charge in [-0.2, -0.15) is 15.3 Å². The minimum absolute atomic E-state index is 0.279. The average molecular weight is 397 g/mol. The predicted octanol–water partition coefficient (Wildman–Crippen LogP) is 5.09. The van der Waals surface area contributed by atoms with Gasteiger partial charge in [-0.15, -0.1) is 0 Å². The molecule has 3 aromatic heterocycles. The molecule has 158 valence electrons. The Labute approximate surface area is 174 Å². The molecule has 2 unspecified atom stereocenters. The summed E-state index contributed by atoms with van der Waals surface area (Å²) < 4.78 is 6.36. The zero-order valence-corrected chi connectivity index (χ0v) is 19.3. The molecule has 0 bridgehead atoms. The van der Waals surface area contributed by atoms with E-state index in [0.717, 1.165) is 19.3 Å². The topological polar surface area (TPSA) is 53.5 Å². The molecular formula is C23H36N6. The van der Waals surface area contributed by atoms with Gasteiger partial charge in [-0.1, -0.05) is 0 Å². The maximum Gasteiger partial charge on any atom is 0.0677 e. The van der Waals surface area contributed by atoms with E-state index in [2.05, 4.69) is 86.8 Å². The van der Waals surface area contributed by atoms with E-state index in [1.54, 1.807) is 0 Å². The smallest absolute Gasteiger partial charge is 0.0677 e. The standard InChI is InChI=1S/C23H36N6/c1-15(2)28-21(8)20(7)23(26-28)13-19(6)27-14-16(3)22(25-27)10-9-17(4)29-18(5)11-12-24-29/h11-12,14-15,17,19H,9-10,13H2,1-8H3.